The molecule has 3 rings (SSSR count). The van der Waals surface area contributed by atoms with E-state index in [1.807, 2.05) is 55.6 Å². The minimum atomic E-state index is -0.304. The number of nitrogens with zero attached hydrogens (tertiary/aromatic N) is 1. The van der Waals surface area contributed by atoms with Gasteiger partial charge in [0.15, 0.2) is 5.78 Å². The van der Waals surface area contributed by atoms with Crippen LogP contribution < -0.4 is 0 Å². The number of hydrogen-bond acceptors (Lipinski definition) is 2. The molecule has 0 radical (unpaired) electrons. The number of likely N-dealkylation sites (N-methyl/N-ethyl adjacent to an activating group) is 1. The Balaban J connectivity index is 1.80. The number of benzene rings is 3. The maximum Gasteiger partial charge on any atom is 0.190 e. The summed E-state index contributed by atoms with van der Waals surface area (Å²) in [7, 11) is 1.97. The normalized spacial score (nSPS) is 11.5. The first-order valence-electron chi connectivity index (χ1n) is 9.50. The lowest BCUT2D eigenvalue weighted by Crippen LogP contribution is -2.23. The summed E-state index contributed by atoms with van der Waals surface area (Å²) in [5.41, 5.74) is 3.83. The van der Waals surface area contributed by atoms with E-state index in [2.05, 4.69) is 23.6 Å². The van der Waals surface area contributed by atoms with Gasteiger partial charge in [0.1, 0.15) is 5.82 Å². The Hall–Kier alpha value is -3.30. The molecule has 0 unspecified atom stereocenters. The number of hydrogen-bond donors (Lipinski definition) is 0. The molecule has 0 atom stereocenters. The van der Waals surface area contributed by atoms with Crippen molar-refractivity contribution in [3.8, 4) is 0 Å². The van der Waals surface area contributed by atoms with Crippen LogP contribution in [0.25, 0.3) is 11.6 Å². The largest absolute Gasteiger partial charge is 0.298 e. The lowest BCUT2D eigenvalue weighted by molar-refractivity contribution is -0.110. The molecule has 0 N–H and O–H groups in total. The first-order chi connectivity index (χ1) is 14.0. The van der Waals surface area contributed by atoms with Crippen LogP contribution in [0.5, 0.6) is 0 Å². The Morgan fingerprint density at radius 2 is 1.52 bits per heavy atom. The molecule has 2 nitrogen and oxygen atoms in total. The molecule has 0 spiro atoms. The summed E-state index contributed by atoms with van der Waals surface area (Å²) < 4.78 is 13.2. The van der Waals surface area contributed by atoms with Gasteiger partial charge in [-0.05, 0) is 41.9 Å². The first-order valence-corrected chi connectivity index (χ1v) is 9.50. The quantitative estimate of drug-likeness (QED) is 0.370. The van der Waals surface area contributed by atoms with Crippen LogP contribution in [0, 0.1) is 5.82 Å². The zero-order valence-corrected chi connectivity index (χ0v) is 16.5. The molecule has 3 aromatic rings. The van der Waals surface area contributed by atoms with E-state index in [1.54, 1.807) is 18.2 Å². The molecule has 0 fully saturated rings. The number of allylic oxidation sites excluding steroid dienone is 1. The van der Waals surface area contributed by atoms with Crippen molar-refractivity contribution in [3.05, 3.63) is 120 Å². The van der Waals surface area contributed by atoms with Crippen molar-refractivity contribution in [2.45, 2.75) is 6.54 Å². The van der Waals surface area contributed by atoms with Gasteiger partial charge in [0.2, 0.25) is 0 Å². The van der Waals surface area contributed by atoms with Gasteiger partial charge < -0.3 is 0 Å². The molecule has 0 aliphatic rings. The monoisotopic (exact) mass is 385 g/mol. The Morgan fingerprint density at radius 1 is 0.931 bits per heavy atom. The number of rotatable bonds is 8. The molecular weight excluding hydrogens is 361 g/mol. The average molecular weight is 385 g/mol. The van der Waals surface area contributed by atoms with Crippen LogP contribution in [-0.4, -0.2) is 24.3 Å². The summed E-state index contributed by atoms with van der Waals surface area (Å²) >= 11 is 0. The molecule has 0 amide bonds. The molecule has 0 heterocycles. The van der Waals surface area contributed by atoms with Crippen molar-refractivity contribution < 1.29 is 9.18 Å². The number of carbonyl (C=O) groups excluding carboxylic acids is 1. The number of halogens is 1. The van der Waals surface area contributed by atoms with E-state index in [4.69, 9.17) is 0 Å². The van der Waals surface area contributed by atoms with Crippen molar-refractivity contribution in [1.82, 2.24) is 4.90 Å². The summed E-state index contributed by atoms with van der Waals surface area (Å²) in [6, 6.07) is 25.7. The smallest absolute Gasteiger partial charge is 0.190 e. The zero-order chi connectivity index (χ0) is 20.6. The third kappa shape index (κ3) is 5.84. The fourth-order valence-corrected chi connectivity index (χ4v) is 3.16. The zero-order valence-electron chi connectivity index (χ0n) is 16.5. The van der Waals surface area contributed by atoms with Crippen LogP contribution in [0.4, 0.5) is 4.39 Å². The van der Waals surface area contributed by atoms with Crippen LogP contribution in [0.1, 0.15) is 16.7 Å². The standard InChI is InChI=1S/C26H24FNO/c1-20(18-28(2)19-22-9-5-3-6-10-22)26(29)25(23-11-7-4-8-12-23)17-21-13-15-24(27)16-14-21/h3-17H,1,18-19H2,2H3/b25-17-. The van der Waals surface area contributed by atoms with E-state index >= 15 is 0 Å². The summed E-state index contributed by atoms with van der Waals surface area (Å²) in [5, 5.41) is 0. The number of carbonyl (C=O) groups is 1. The molecule has 29 heavy (non-hydrogen) atoms. The fourth-order valence-electron chi connectivity index (χ4n) is 3.16. The first kappa shape index (κ1) is 20.4. The predicted molar refractivity (Wildman–Crippen MR) is 118 cm³/mol. The SMILES string of the molecule is C=C(CN(C)Cc1ccccc1)C(=O)/C(=C\c1ccc(F)cc1)c1ccccc1. The molecular formula is C26H24FNO. The Bertz CT molecular complexity index is 992. The Kier molecular flexibility index (Phi) is 6.88. The van der Waals surface area contributed by atoms with Gasteiger partial charge in [0.25, 0.3) is 0 Å². The van der Waals surface area contributed by atoms with Gasteiger partial charge in [-0.3, -0.25) is 9.69 Å². The highest BCUT2D eigenvalue weighted by Crippen LogP contribution is 2.23. The molecule has 146 valence electrons. The minimum Gasteiger partial charge on any atom is -0.298 e. The third-order valence-electron chi connectivity index (χ3n) is 4.59. The minimum absolute atomic E-state index is 0.111. The van der Waals surface area contributed by atoms with Crippen LogP contribution in [-0.2, 0) is 11.3 Å². The van der Waals surface area contributed by atoms with Gasteiger partial charge in [-0.15, -0.1) is 0 Å². The topological polar surface area (TPSA) is 20.3 Å². The summed E-state index contributed by atoms with van der Waals surface area (Å²) in [4.78, 5) is 15.3. The molecule has 0 aliphatic heterocycles. The third-order valence-corrected chi connectivity index (χ3v) is 4.59. The lowest BCUT2D eigenvalue weighted by atomic mass is 9.95. The van der Waals surface area contributed by atoms with Crippen molar-refractivity contribution >= 4 is 17.4 Å². The van der Waals surface area contributed by atoms with Crippen LogP contribution >= 0.6 is 0 Å². The highest BCUT2D eigenvalue weighted by atomic mass is 19.1. The molecule has 3 aromatic carbocycles. The molecule has 0 bridgehead atoms. The molecule has 0 aliphatic carbocycles. The van der Waals surface area contributed by atoms with E-state index in [-0.39, 0.29) is 11.6 Å². The maximum absolute atomic E-state index is 13.2. The average Bonchev–Trinajstić information content (AvgIpc) is 2.74. The Morgan fingerprint density at radius 3 is 2.14 bits per heavy atom. The van der Waals surface area contributed by atoms with Gasteiger partial charge in [0, 0.05) is 24.2 Å². The Labute approximate surface area is 171 Å². The van der Waals surface area contributed by atoms with Crippen LogP contribution in [0.3, 0.4) is 0 Å². The van der Waals surface area contributed by atoms with Gasteiger partial charge in [-0.1, -0.05) is 79.4 Å². The maximum atomic E-state index is 13.2. The molecule has 0 saturated carbocycles. The summed E-state index contributed by atoms with van der Waals surface area (Å²) in [6.45, 7) is 5.24. The van der Waals surface area contributed by atoms with E-state index < -0.39 is 0 Å². The highest BCUT2D eigenvalue weighted by Gasteiger charge is 2.17. The van der Waals surface area contributed by atoms with E-state index in [0.29, 0.717) is 17.7 Å². The second kappa shape index (κ2) is 9.76. The molecule has 3 heteroatoms. The summed E-state index contributed by atoms with van der Waals surface area (Å²) in [5.74, 6) is -0.415. The summed E-state index contributed by atoms with van der Waals surface area (Å²) in [6.07, 6.45) is 1.79. The van der Waals surface area contributed by atoms with Crippen molar-refractivity contribution in [3.63, 3.8) is 0 Å². The van der Waals surface area contributed by atoms with Gasteiger partial charge in [-0.2, -0.15) is 0 Å². The van der Waals surface area contributed by atoms with Crippen molar-refractivity contribution in [2.75, 3.05) is 13.6 Å². The molecule has 0 aromatic heterocycles. The van der Waals surface area contributed by atoms with Crippen LogP contribution in [0.2, 0.25) is 0 Å². The lowest BCUT2D eigenvalue weighted by Gasteiger charge is -2.18. The van der Waals surface area contributed by atoms with Crippen LogP contribution in [0.15, 0.2) is 97.1 Å². The van der Waals surface area contributed by atoms with Gasteiger partial charge in [-0.25, -0.2) is 4.39 Å². The highest BCUT2D eigenvalue weighted by molar-refractivity contribution is 6.32. The van der Waals surface area contributed by atoms with Crippen molar-refractivity contribution in [1.29, 1.82) is 0 Å². The predicted octanol–water partition coefficient (Wildman–Crippen LogP) is 5.62. The van der Waals surface area contributed by atoms with E-state index in [1.165, 1.54) is 17.7 Å². The van der Waals surface area contributed by atoms with E-state index in [0.717, 1.165) is 17.7 Å². The second-order valence-corrected chi connectivity index (χ2v) is 7.07. The van der Waals surface area contributed by atoms with Crippen molar-refractivity contribution in [2.24, 2.45) is 0 Å². The van der Waals surface area contributed by atoms with Gasteiger partial charge in [0.05, 0.1) is 0 Å². The van der Waals surface area contributed by atoms with Gasteiger partial charge >= 0.3 is 0 Å². The number of ketones is 1. The molecule has 0 saturated heterocycles. The second-order valence-electron chi connectivity index (χ2n) is 7.07. The number of Topliss-reactive ketones (excluding diaryl/α,β-unsaturated/α-hetero) is 1. The van der Waals surface area contributed by atoms with E-state index in [9.17, 15) is 9.18 Å². The fraction of sp³-hybridized carbons (Fsp3) is 0.115.